The highest BCUT2D eigenvalue weighted by atomic mass is 16.5. The van der Waals surface area contributed by atoms with Crippen molar-refractivity contribution < 1.29 is 9.53 Å². The molecular formula is C20H28N2O2. The van der Waals surface area contributed by atoms with Gasteiger partial charge in [0.1, 0.15) is 5.75 Å². The van der Waals surface area contributed by atoms with Gasteiger partial charge in [-0.05, 0) is 63.2 Å². The minimum atomic E-state index is 0.161. The summed E-state index contributed by atoms with van der Waals surface area (Å²) in [6.45, 7) is 2.12. The predicted octanol–water partition coefficient (Wildman–Crippen LogP) is 2.88. The zero-order valence-corrected chi connectivity index (χ0v) is 14.8. The molecule has 130 valence electrons. The summed E-state index contributed by atoms with van der Waals surface area (Å²) in [5, 5.41) is 0. The van der Waals surface area contributed by atoms with E-state index in [9.17, 15) is 4.79 Å². The number of ether oxygens (including phenoxy) is 1. The monoisotopic (exact) mass is 328 g/mol. The van der Waals surface area contributed by atoms with Crippen LogP contribution in [0.4, 0.5) is 0 Å². The molecule has 0 bridgehead atoms. The van der Waals surface area contributed by atoms with Gasteiger partial charge in [0, 0.05) is 24.5 Å². The Hall–Kier alpha value is -1.55. The first-order valence-corrected chi connectivity index (χ1v) is 9.34. The average Bonchev–Trinajstić information content (AvgIpc) is 3.04. The number of carbonyl (C=O) groups is 1. The lowest BCUT2D eigenvalue weighted by molar-refractivity contribution is -0.134. The average molecular weight is 328 g/mol. The largest absolute Gasteiger partial charge is 0.496 e. The SMILES string of the molecule is COc1ccccc1[C@@H]1C[C@@H]1C(=O)N1CCC[C@@H]1[C@H]1CCCN1C. The lowest BCUT2D eigenvalue weighted by Crippen LogP contribution is -2.47. The fraction of sp³-hybridized carbons (Fsp3) is 0.650. The highest BCUT2D eigenvalue weighted by Gasteiger charge is 2.49. The van der Waals surface area contributed by atoms with Crippen molar-refractivity contribution in [2.75, 3.05) is 27.2 Å². The van der Waals surface area contributed by atoms with Crippen LogP contribution in [0.15, 0.2) is 24.3 Å². The van der Waals surface area contributed by atoms with Gasteiger partial charge in [0.15, 0.2) is 0 Å². The molecule has 3 aliphatic rings. The molecule has 0 unspecified atom stereocenters. The number of hydrogen-bond donors (Lipinski definition) is 0. The van der Waals surface area contributed by atoms with Gasteiger partial charge in [-0.2, -0.15) is 0 Å². The van der Waals surface area contributed by atoms with Crippen LogP contribution in [0.25, 0.3) is 0 Å². The smallest absolute Gasteiger partial charge is 0.226 e. The zero-order chi connectivity index (χ0) is 16.7. The first-order chi connectivity index (χ1) is 11.7. The molecule has 0 spiro atoms. The lowest BCUT2D eigenvalue weighted by Gasteiger charge is -2.33. The van der Waals surface area contributed by atoms with E-state index in [1.165, 1.54) is 31.4 Å². The van der Waals surface area contributed by atoms with E-state index in [0.29, 0.717) is 23.9 Å². The van der Waals surface area contributed by atoms with Crippen LogP contribution in [-0.4, -0.2) is 55.0 Å². The van der Waals surface area contributed by atoms with Gasteiger partial charge in [0.25, 0.3) is 0 Å². The van der Waals surface area contributed by atoms with Crippen LogP contribution in [0.5, 0.6) is 5.75 Å². The van der Waals surface area contributed by atoms with Crippen LogP contribution in [-0.2, 0) is 4.79 Å². The van der Waals surface area contributed by atoms with E-state index in [0.717, 1.165) is 25.1 Å². The first kappa shape index (κ1) is 15.9. The van der Waals surface area contributed by atoms with Crippen molar-refractivity contribution in [1.82, 2.24) is 9.80 Å². The van der Waals surface area contributed by atoms with Gasteiger partial charge >= 0.3 is 0 Å². The number of likely N-dealkylation sites (tertiary alicyclic amines) is 2. The fourth-order valence-electron chi connectivity index (χ4n) is 4.89. The number of nitrogens with zero attached hydrogens (tertiary/aromatic N) is 2. The van der Waals surface area contributed by atoms with Crippen molar-refractivity contribution in [3.8, 4) is 5.75 Å². The van der Waals surface area contributed by atoms with E-state index in [1.54, 1.807) is 7.11 Å². The van der Waals surface area contributed by atoms with Crippen LogP contribution in [0.2, 0.25) is 0 Å². The van der Waals surface area contributed by atoms with Crippen molar-refractivity contribution in [2.45, 2.75) is 50.1 Å². The Balaban J connectivity index is 1.46. The Morgan fingerprint density at radius 2 is 1.88 bits per heavy atom. The number of amides is 1. The quantitative estimate of drug-likeness (QED) is 0.852. The molecule has 2 aliphatic heterocycles. The molecule has 4 atom stereocenters. The first-order valence-electron chi connectivity index (χ1n) is 9.34. The van der Waals surface area contributed by atoms with E-state index in [4.69, 9.17) is 4.74 Å². The molecule has 4 rings (SSSR count). The summed E-state index contributed by atoms with van der Waals surface area (Å²) in [5.74, 6) is 1.81. The van der Waals surface area contributed by atoms with Crippen molar-refractivity contribution in [1.29, 1.82) is 0 Å². The summed E-state index contributed by atoms with van der Waals surface area (Å²) in [6, 6.07) is 9.16. The Bertz CT molecular complexity index is 617. The molecule has 1 amide bonds. The third kappa shape index (κ3) is 2.71. The second-order valence-electron chi connectivity index (χ2n) is 7.62. The molecule has 1 saturated carbocycles. The van der Waals surface area contributed by atoms with Crippen LogP contribution in [0.1, 0.15) is 43.6 Å². The maximum Gasteiger partial charge on any atom is 0.226 e. The molecule has 1 aromatic rings. The molecule has 0 radical (unpaired) electrons. The van der Waals surface area contributed by atoms with Crippen molar-refractivity contribution in [2.24, 2.45) is 5.92 Å². The van der Waals surface area contributed by atoms with Crippen LogP contribution in [0.3, 0.4) is 0 Å². The molecule has 24 heavy (non-hydrogen) atoms. The Morgan fingerprint density at radius 3 is 2.62 bits per heavy atom. The molecule has 0 N–H and O–H groups in total. The summed E-state index contributed by atoms with van der Waals surface area (Å²) < 4.78 is 5.49. The number of methoxy groups -OCH3 is 1. The predicted molar refractivity (Wildman–Crippen MR) is 94.2 cm³/mol. The molecular weight excluding hydrogens is 300 g/mol. The van der Waals surface area contributed by atoms with Crippen LogP contribution >= 0.6 is 0 Å². The van der Waals surface area contributed by atoms with E-state index in [2.05, 4.69) is 22.9 Å². The van der Waals surface area contributed by atoms with Crippen LogP contribution < -0.4 is 4.74 Å². The molecule has 2 heterocycles. The van der Waals surface area contributed by atoms with E-state index in [1.807, 2.05) is 18.2 Å². The molecule has 0 aromatic heterocycles. The molecule has 4 nitrogen and oxygen atoms in total. The van der Waals surface area contributed by atoms with Crippen molar-refractivity contribution in [3.05, 3.63) is 29.8 Å². The summed E-state index contributed by atoms with van der Waals surface area (Å²) in [6.07, 6.45) is 5.82. The topological polar surface area (TPSA) is 32.8 Å². The Kier molecular flexibility index (Phi) is 4.25. The highest BCUT2D eigenvalue weighted by molar-refractivity contribution is 5.84. The summed E-state index contributed by atoms with van der Waals surface area (Å²) in [7, 11) is 3.93. The Morgan fingerprint density at radius 1 is 1.12 bits per heavy atom. The molecule has 1 aromatic carbocycles. The minimum absolute atomic E-state index is 0.161. The van der Waals surface area contributed by atoms with Crippen molar-refractivity contribution >= 4 is 5.91 Å². The lowest BCUT2D eigenvalue weighted by atomic mass is 10.0. The number of hydrogen-bond acceptors (Lipinski definition) is 3. The van der Waals surface area contributed by atoms with Gasteiger partial charge in [-0.15, -0.1) is 0 Å². The second kappa shape index (κ2) is 6.40. The van der Waals surface area contributed by atoms with E-state index in [-0.39, 0.29) is 5.92 Å². The fourth-order valence-corrected chi connectivity index (χ4v) is 4.89. The van der Waals surface area contributed by atoms with E-state index < -0.39 is 0 Å². The van der Waals surface area contributed by atoms with Gasteiger partial charge in [-0.1, -0.05) is 18.2 Å². The number of benzene rings is 1. The number of carbonyl (C=O) groups excluding carboxylic acids is 1. The van der Waals surface area contributed by atoms with Gasteiger partial charge < -0.3 is 14.5 Å². The van der Waals surface area contributed by atoms with E-state index >= 15 is 0 Å². The number of para-hydroxylation sites is 1. The summed E-state index contributed by atoms with van der Waals surface area (Å²) in [4.78, 5) is 17.8. The normalized spacial score (nSPS) is 33.0. The third-order valence-corrected chi connectivity index (χ3v) is 6.25. The summed E-state index contributed by atoms with van der Waals surface area (Å²) >= 11 is 0. The third-order valence-electron chi connectivity index (χ3n) is 6.25. The highest BCUT2D eigenvalue weighted by Crippen LogP contribution is 2.52. The molecule has 2 saturated heterocycles. The molecule has 1 aliphatic carbocycles. The number of rotatable bonds is 4. The maximum absolute atomic E-state index is 13.1. The van der Waals surface area contributed by atoms with Crippen LogP contribution in [0, 0.1) is 5.92 Å². The zero-order valence-electron chi connectivity index (χ0n) is 14.8. The van der Waals surface area contributed by atoms with Crippen molar-refractivity contribution in [3.63, 3.8) is 0 Å². The van der Waals surface area contributed by atoms with Gasteiger partial charge in [0.2, 0.25) is 5.91 Å². The standard InChI is InChI=1S/C20H28N2O2/c1-21-11-5-8-17(21)18-9-6-12-22(18)20(23)16-13-15(16)14-7-3-4-10-19(14)24-2/h3-4,7,10,15-18H,5-6,8-9,11-13H2,1-2H3/t15-,16-,17+,18+/m0/s1. The van der Waals surface area contributed by atoms with Gasteiger partial charge in [-0.25, -0.2) is 0 Å². The second-order valence-corrected chi connectivity index (χ2v) is 7.62. The number of likely N-dealkylation sites (N-methyl/N-ethyl adjacent to an activating group) is 1. The Labute approximate surface area is 144 Å². The van der Waals surface area contributed by atoms with Gasteiger partial charge in [-0.3, -0.25) is 4.79 Å². The minimum Gasteiger partial charge on any atom is -0.496 e. The molecule has 4 heteroatoms. The summed E-state index contributed by atoms with van der Waals surface area (Å²) in [5.41, 5.74) is 1.20. The molecule has 3 fully saturated rings. The van der Waals surface area contributed by atoms with Gasteiger partial charge in [0.05, 0.1) is 7.11 Å². The maximum atomic E-state index is 13.1.